The smallest absolute Gasteiger partial charge is 0.155 e. The van der Waals surface area contributed by atoms with Crippen molar-refractivity contribution in [1.29, 1.82) is 0 Å². The van der Waals surface area contributed by atoms with Crippen LogP contribution in [0.1, 0.15) is 32.1 Å². The number of hydrogen-bond donors (Lipinski definition) is 0. The van der Waals surface area contributed by atoms with Crippen LogP contribution < -0.4 is 0 Å². The molecule has 0 aromatic heterocycles. The van der Waals surface area contributed by atoms with E-state index in [4.69, 9.17) is 0 Å². The minimum Gasteiger partial charge on any atom is -0.295 e. The van der Waals surface area contributed by atoms with Crippen LogP contribution in [0, 0.1) is 5.92 Å². The number of ketones is 1. The first-order chi connectivity index (χ1) is 4.86. The summed E-state index contributed by atoms with van der Waals surface area (Å²) in [4.78, 5) is 10.8. The van der Waals surface area contributed by atoms with Gasteiger partial charge in [-0.3, -0.25) is 4.79 Å². The number of carbonyl (C=O) groups is 1. The number of carbonyl (C=O) groups excluding carboxylic acids is 1. The molecule has 0 unspecified atom stereocenters. The van der Waals surface area contributed by atoms with E-state index < -0.39 is 0 Å². The van der Waals surface area contributed by atoms with E-state index in [-0.39, 0.29) is 0 Å². The lowest BCUT2D eigenvalue weighted by molar-refractivity contribution is -0.114. The molecule has 0 saturated heterocycles. The summed E-state index contributed by atoms with van der Waals surface area (Å²) in [6, 6.07) is 0. The van der Waals surface area contributed by atoms with Crippen LogP contribution in [-0.4, -0.2) is 5.78 Å². The summed E-state index contributed by atoms with van der Waals surface area (Å²) < 4.78 is 0. The molecule has 0 heterocycles. The second-order valence-electron chi connectivity index (χ2n) is 3.31. The van der Waals surface area contributed by atoms with Crippen LogP contribution in [-0.2, 0) is 4.79 Å². The first kappa shape index (κ1) is 6.14. The zero-order chi connectivity index (χ0) is 6.97. The van der Waals surface area contributed by atoms with Crippen molar-refractivity contribution in [3.8, 4) is 0 Å². The molecule has 1 heteroatoms. The molecule has 0 N–H and O–H groups in total. The molecule has 2 aliphatic carbocycles. The highest BCUT2D eigenvalue weighted by atomic mass is 16.1. The fourth-order valence-electron chi connectivity index (χ4n) is 1.72. The molecule has 0 aliphatic heterocycles. The van der Waals surface area contributed by atoms with Crippen molar-refractivity contribution in [2.24, 2.45) is 5.92 Å². The molecule has 1 nitrogen and oxygen atoms in total. The van der Waals surface area contributed by atoms with Gasteiger partial charge in [0.2, 0.25) is 0 Å². The van der Waals surface area contributed by atoms with Crippen molar-refractivity contribution in [3.63, 3.8) is 0 Å². The van der Waals surface area contributed by atoms with Crippen LogP contribution in [0.2, 0.25) is 0 Å². The summed E-state index contributed by atoms with van der Waals surface area (Å²) >= 11 is 0. The lowest BCUT2D eigenvalue weighted by Crippen LogP contribution is -2.12. The highest BCUT2D eigenvalue weighted by Gasteiger charge is 2.25. The Balaban J connectivity index is 2.04. The van der Waals surface area contributed by atoms with Crippen LogP contribution in [0.5, 0.6) is 0 Å². The fraction of sp³-hybridized carbons (Fsp3) is 0.667. The first-order valence-corrected chi connectivity index (χ1v) is 4.09. The summed E-state index contributed by atoms with van der Waals surface area (Å²) in [5.74, 6) is 1.15. The van der Waals surface area contributed by atoms with Gasteiger partial charge in [0, 0.05) is 6.42 Å². The molecule has 0 bridgehead atoms. The van der Waals surface area contributed by atoms with Gasteiger partial charge >= 0.3 is 0 Å². The van der Waals surface area contributed by atoms with E-state index in [0.717, 1.165) is 18.8 Å². The zero-order valence-corrected chi connectivity index (χ0v) is 6.10. The molecule has 54 valence electrons. The monoisotopic (exact) mass is 136 g/mol. The third kappa shape index (κ3) is 0.898. The Morgan fingerprint density at radius 2 is 2.10 bits per heavy atom. The second-order valence-corrected chi connectivity index (χ2v) is 3.31. The van der Waals surface area contributed by atoms with E-state index in [1.807, 2.05) is 6.08 Å². The fourth-order valence-corrected chi connectivity index (χ4v) is 1.72. The SMILES string of the molecule is O=C1C=C(C2CCC2)CC1. The van der Waals surface area contributed by atoms with Crippen LogP contribution in [0.15, 0.2) is 11.6 Å². The Labute approximate surface area is 61.1 Å². The quantitative estimate of drug-likeness (QED) is 0.539. The largest absolute Gasteiger partial charge is 0.295 e. The highest BCUT2D eigenvalue weighted by molar-refractivity contribution is 5.93. The molecule has 1 fully saturated rings. The normalized spacial score (nSPS) is 26.4. The Kier molecular flexibility index (Phi) is 1.37. The van der Waals surface area contributed by atoms with Crippen LogP contribution >= 0.6 is 0 Å². The van der Waals surface area contributed by atoms with Gasteiger partial charge in [0.05, 0.1) is 0 Å². The van der Waals surface area contributed by atoms with Gasteiger partial charge < -0.3 is 0 Å². The predicted octanol–water partition coefficient (Wildman–Crippen LogP) is 2.08. The zero-order valence-electron chi connectivity index (χ0n) is 6.10. The lowest BCUT2D eigenvalue weighted by atomic mass is 9.79. The average molecular weight is 136 g/mol. The van der Waals surface area contributed by atoms with Crippen molar-refractivity contribution >= 4 is 5.78 Å². The van der Waals surface area contributed by atoms with Gasteiger partial charge in [0.25, 0.3) is 0 Å². The summed E-state index contributed by atoms with van der Waals surface area (Å²) in [5, 5.41) is 0. The Morgan fingerprint density at radius 3 is 2.50 bits per heavy atom. The summed E-state index contributed by atoms with van der Waals surface area (Å²) in [6.45, 7) is 0. The van der Waals surface area contributed by atoms with Crippen molar-refractivity contribution in [3.05, 3.63) is 11.6 Å². The minimum atomic E-state index is 0.349. The number of hydrogen-bond acceptors (Lipinski definition) is 1. The van der Waals surface area contributed by atoms with Crippen LogP contribution in [0.25, 0.3) is 0 Å². The topological polar surface area (TPSA) is 17.1 Å². The Morgan fingerprint density at radius 1 is 1.30 bits per heavy atom. The lowest BCUT2D eigenvalue weighted by Gasteiger charge is -2.26. The van der Waals surface area contributed by atoms with Gasteiger partial charge in [0.15, 0.2) is 5.78 Å². The molecule has 10 heavy (non-hydrogen) atoms. The van der Waals surface area contributed by atoms with Gasteiger partial charge in [-0.1, -0.05) is 12.0 Å². The van der Waals surface area contributed by atoms with E-state index in [0.29, 0.717) is 5.78 Å². The second kappa shape index (κ2) is 2.22. The van der Waals surface area contributed by atoms with Crippen molar-refractivity contribution in [2.45, 2.75) is 32.1 Å². The van der Waals surface area contributed by atoms with E-state index in [9.17, 15) is 4.79 Å². The van der Waals surface area contributed by atoms with E-state index in [2.05, 4.69) is 0 Å². The van der Waals surface area contributed by atoms with Gasteiger partial charge in [-0.15, -0.1) is 0 Å². The molecule has 0 spiro atoms. The van der Waals surface area contributed by atoms with Crippen molar-refractivity contribution < 1.29 is 4.79 Å². The van der Waals surface area contributed by atoms with Crippen LogP contribution in [0.3, 0.4) is 0 Å². The highest BCUT2D eigenvalue weighted by Crippen LogP contribution is 2.37. The van der Waals surface area contributed by atoms with E-state index in [1.54, 1.807) is 0 Å². The molecular formula is C9H12O. The Hall–Kier alpha value is -0.590. The Bertz CT molecular complexity index is 187. The summed E-state index contributed by atoms with van der Waals surface area (Å²) in [7, 11) is 0. The first-order valence-electron chi connectivity index (χ1n) is 4.09. The molecule has 2 aliphatic rings. The third-order valence-electron chi connectivity index (χ3n) is 2.64. The summed E-state index contributed by atoms with van der Waals surface area (Å²) in [6.07, 6.45) is 7.76. The molecule has 1 saturated carbocycles. The standard InChI is InChI=1S/C9H12O/c10-9-5-4-8(6-9)7-2-1-3-7/h6-7H,1-5H2. The van der Waals surface area contributed by atoms with Gasteiger partial charge in [0.1, 0.15) is 0 Å². The van der Waals surface area contributed by atoms with Gasteiger partial charge in [-0.05, 0) is 31.3 Å². The molecular weight excluding hydrogens is 124 g/mol. The van der Waals surface area contributed by atoms with Crippen molar-refractivity contribution in [2.75, 3.05) is 0 Å². The molecule has 0 aromatic carbocycles. The average Bonchev–Trinajstić information content (AvgIpc) is 2.10. The number of allylic oxidation sites excluding steroid dienone is 2. The van der Waals surface area contributed by atoms with Gasteiger partial charge in [-0.2, -0.15) is 0 Å². The van der Waals surface area contributed by atoms with Crippen molar-refractivity contribution in [1.82, 2.24) is 0 Å². The maximum absolute atomic E-state index is 10.8. The summed E-state index contributed by atoms with van der Waals surface area (Å²) in [5.41, 5.74) is 1.44. The van der Waals surface area contributed by atoms with Crippen LogP contribution in [0.4, 0.5) is 0 Å². The predicted molar refractivity (Wildman–Crippen MR) is 39.7 cm³/mol. The maximum atomic E-state index is 10.8. The van der Waals surface area contributed by atoms with E-state index in [1.165, 1.54) is 24.8 Å². The molecule has 0 radical (unpaired) electrons. The van der Waals surface area contributed by atoms with E-state index >= 15 is 0 Å². The molecule has 2 rings (SSSR count). The molecule has 0 atom stereocenters. The molecule has 0 amide bonds. The molecule has 0 aromatic rings. The minimum absolute atomic E-state index is 0.349. The third-order valence-corrected chi connectivity index (χ3v) is 2.64. The number of rotatable bonds is 1. The maximum Gasteiger partial charge on any atom is 0.155 e. The van der Waals surface area contributed by atoms with Gasteiger partial charge in [-0.25, -0.2) is 0 Å².